The van der Waals surface area contributed by atoms with Crippen LogP contribution < -0.4 is 0 Å². The summed E-state index contributed by atoms with van der Waals surface area (Å²) in [4.78, 5) is 44.2. The summed E-state index contributed by atoms with van der Waals surface area (Å²) in [7, 11) is 0. The van der Waals surface area contributed by atoms with Gasteiger partial charge in [0.05, 0.1) is 25.4 Å². The molecule has 2 atom stereocenters. The lowest BCUT2D eigenvalue weighted by molar-refractivity contribution is -0.147. The molecule has 0 rings (SSSR count). The SMILES string of the molecule is C=CC(CCCOC(=O)CC(C)=O)OC(C=C)CCCOC(=O)CC(C)=O. The lowest BCUT2D eigenvalue weighted by atomic mass is 10.1. The highest BCUT2D eigenvalue weighted by Gasteiger charge is 2.13. The summed E-state index contributed by atoms with van der Waals surface area (Å²) in [6.45, 7) is 10.6. The molecule has 0 aromatic rings. The molecule has 27 heavy (non-hydrogen) atoms. The van der Waals surface area contributed by atoms with Gasteiger partial charge < -0.3 is 14.2 Å². The second-order valence-electron chi connectivity index (χ2n) is 6.17. The highest BCUT2D eigenvalue weighted by atomic mass is 16.5. The molecule has 0 bridgehead atoms. The van der Waals surface area contributed by atoms with E-state index in [2.05, 4.69) is 13.2 Å². The minimum Gasteiger partial charge on any atom is -0.465 e. The first-order valence-electron chi connectivity index (χ1n) is 8.99. The van der Waals surface area contributed by atoms with E-state index in [0.717, 1.165) is 0 Å². The van der Waals surface area contributed by atoms with E-state index in [-0.39, 0.29) is 49.8 Å². The molecule has 7 heteroatoms. The van der Waals surface area contributed by atoms with Crippen LogP contribution in [0.2, 0.25) is 0 Å². The largest absolute Gasteiger partial charge is 0.465 e. The van der Waals surface area contributed by atoms with Crippen molar-refractivity contribution in [2.24, 2.45) is 0 Å². The summed E-state index contributed by atoms with van der Waals surface area (Å²) in [5, 5.41) is 0. The summed E-state index contributed by atoms with van der Waals surface area (Å²) in [5.74, 6) is -1.51. The first kappa shape index (κ1) is 24.7. The maximum Gasteiger partial charge on any atom is 0.313 e. The van der Waals surface area contributed by atoms with Crippen LogP contribution in [0.15, 0.2) is 25.3 Å². The van der Waals surface area contributed by atoms with Crippen molar-refractivity contribution in [3.8, 4) is 0 Å². The van der Waals surface area contributed by atoms with Crippen LogP contribution in [0, 0.1) is 0 Å². The number of rotatable bonds is 16. The Morgan fingerprint density at radius 1 is 0.778 bits per heavy atom. The topological polar surface area (TPSA) is 96.0 Å². The van der Waals surface area contributed by atoms with Gasteiger partial charge in [-0.05, 0) is 39.5 Å². The number of Topliss-reactive ketones (excluding diaryl/α,β-unsaturated/α-hetero) is 2. The fraction of sp³-hybridized carbons (Fsp3) is 0.600. The summed E-state index contributed by atoms with van der Waals surface area (Å²) < 4.78 is 15.8. The van der Waals surface area contributed by atoms with Gasteiger partial charge in [-0.3, -0.25) is 19.2 Å². The average molecular weight is 382 g/mol. The van der Waals surface area contributed by atoms with E-state index in [1.807, 2.05) is 0 Å². The molecule has 0 saturated heterocycles. The van der Waals surface area contributed by atoms with Crippen LogP contribution in [-0.2, 0) is 33.4 Å². The zero-order valence-corrected chi connectivity index (χ0v) is 16.2. The van der Waals surface area contributed by atoms with Gasteiger partial charge in [-0.15, -0.1) is 13.2 Å². The van der Waals surface area contributed by atoms with Crippen LogP contribution in [0.25, 0.3) is 0 Å². The quantitative estimate of drug-likeness (QED) is 0.175. The summed E-state index contributed by atoms with van der Waals surface area (Å²) in [5.41, 5.74) is 0. The maximum absolute atomic E-state index is 11.3. The van der Waals surface area contributed by atoms with Gasteiger partial charge in [-0.2, -0.15) is 0 Å². The molecule has 0 aliphatic heterocycles. The van der Waals surface area contributed by atoms with Gasteiger partial charge in [0.25, 0.3) is 0 Å². The standard InChI is InChI=1S/C20H30O7/c1-5-17(9-7-11-25-19(23)13-15(3)21)27-18(6-2)10-8-12-26-20(24)14-16(4)22/h5-6,17-18H,1-2,7-14H2,3-4H3. The number of hydrogen-bond donors (Lipinski definition) is 0. The fourth-order valence-corrected chi connectivity index (χ4v) is 2.16. The molecule has 0 aromatic heterocycles. The number of carbonyl (C=O) groups is 4. The zero-order valence-electron chi connectivity index (χ0n) is 16.2. The summed E-state index contributed by atoms with van der Waals surface area (Å²) in [6, 6.07) is 0. The third kappa shape index (κ3) is 14.6. The summed E-state index contributed by atoms with van der Waals surface area (Å²) >= 11 is 0. The average Bonchev–Trinajstić information content (AvgIpc) is 2.58. The molecule has 0 saturated carbocycles. The van der Waals surface area contributed by atoms with Gasteiger partial charge in [0.2, 0.25) is 0 Å². The maximum atomic E-state index is 11.3. The summed E-state index contributed by atoms with van der Waals surface area (Å²) in [6.07, 6.45) is 4.80. The van der Waals surface area contributed by atoms with Crippen molar-refractivity contribution in [2.45, 2.75) is 64.6 Å². The predicted molar refractivity (Wildman–Crippen MR) is 100 cm³/mol. The number of ketones is 2. The zero-order chi connectivity index (χ0) is 20.7. The third-order valence-corrected chi connectivity index (χ3v) is 3.45. The molecular weight excluding hydrogens is 352 g/mol. The van der Waals surface area contributed by atoms with Crippen molar-refractivity contribution in [3.63, 3.8) is 0 Å². The van der Waals surface area contributed by atoms with Gasteiger partial charge in [-0.1, -0.05) is 12.2 Å². The van der Waals surface area contributed by atoms with Crippen LogP contribution in [0.4, 0.5) is 0 Å². The molecule has 0 aromatic carbocycles. The number of carbonyl (C=O) groups excluding carboxylic acids is 4. The van der Waals surface area contributed by atoms with Gasteiger partial charge in [0.1, 0.15) is 24.4 Å². The normalized spacial score (nSPS) is 12.5. The Kier molecular flexibility index (Phi) is 13.6. The van der Waals surface area contributed by atoms with Crippen LogP contribution >= 0.6 is 0 Å². The molecule has 2 unspecified atom stereocenters. The van der Waals surface area contributed by atoms with E-state index < -0.39 is 11.9 Å². The van der Waals surface area contributed by atoms with Crippen LogP contribution in [0.3, 0.4) is 0 Å². The molecule has 0 aliphatic rings. The third-order valence-electron chi connectivity index (χ3n) is 3.45. The highest BCUT2D eigenvalue weighted by molar-refractivity contribution is 5.94. The van der Waals surface area contributed by atoms with E-state index in [0.29, 0.717) is 25.7 Å². The first-order chi connectivity index (χ1) is 12.8. The predicted octanol–water partition coefficient (Wildman–Crippen LogP) is 2.72. The van der Waals surface area contributed by atoms with Crippen molar-refractivity contribution in [1.82, 2.24) is 0 Å². The van der Waals surface area contributed by atoms with Crippen molar-refractivity contribution in [2.75, 3.05) is 13.2 Å². The van der Waals surface area contributed by atoms with E-state index in [9.17, 15) is 19.2 Å². The monoisotopic (exact) mass is 382 g/mol. The molecule has 0 amide bonds. The van der Waals surface area contributed by atoms with Crippen molar-refractivity contribution < 1.29 is 33.4 Å². The molecule has 152 valence electrons. The minimum absolute atomic E-state index is 0.211. The molecule has 0 N–H and O–H groups in total. The van der Waals surface area contributed by atoms with E-state index in [4.69, 9.17) is 14.2 Å². The Hall–Kier alpha value is -2.28. The van der Waals surface area contributed by atoms with Gasteiger partial charge >= 0.3 is 11.9 Å². The van der Waals surface area contributed by atoms with Crippen LogP contribution in [0.5, 0.6) is 0 Å². The number of ether oxygens (including phenoxy) is 3. The first-order valence-corrected chi connectivity index (χ1v) is 8.99. The Balaban J connectivity index is 4.04. The van der Waals surface area contributed by atoms with Gasteiger partial charge in [-0.25, -0.2) is 0 Å². The smallest absolute Gasteiger partial charge is 0.313 e. The molecule has 0 heterocycles. The molecular formula is C20H30O7. The minimum atomic E-state index is -0.526. The van der Waals surface area contributed by atoms with Crippen LogP contribution in [0.1, 0.15) is 52.4 Å². The van der Waals surface area contributed by atoms with E-state index >= 15 is 0 Å². The molecule has 0 fully saturated rings. The Morgan fingerprint density at radius 3 is 1.44 bits per heavy atom. The second-order valence-corrected chi connectivity index (χ2v) is 6.17. The molecule has 0 radical (unpaired) electrons. The lowest BCUT2D eigenvalue weighted by Gasteiger charge is -2.20. The fourth-order valence-electron chi connectivity index (χ4n) is 2.16. The molecule has 0 aliphatic carbocycles. The lowest BCUT2D eigenvalue weighted by Crippen LogP contribution is -2.20. The Labute approximate surface area is 160 Å². The van der Waals surface area contributed by atoms with Crippen LogP contribution in [-0.4, -0.2) is 48.9 Å². The van der Waals surface area contributed by atoms with Gasteiger partial charge in [0.15, 0.2) is 0 Å². The molecule has 0 spiro atoms. The molecule has 7 nitrogen and oxygen atoms in total. The highest BCUT2D eigenvalue weighted by Crippen LogP contribution is 2.12. The van der Waals surface area contributed by atoms with E-state index in [1.165, 1.54) is 13.8 Å². The Bertz CT molecular complexity index is 478. The second kappa shape index (κ2) is 14.8. The van der Waals surface area contributed by atoms with Crippen molar-refractivity contribution in [1.29, 1.82) is 0 Å². The number of esters is 2. The Morgan fingerprint density at radius 2 is 1.15 bits per heavy atom. The van der Waals surface area contributed by atoms with Crippen molar-refractivity contribution >= 4 is 23.5 Å². The van der Waals surface area contributed by atoms with E-state index in [1.54, 1.807) is 12.2 Å². The number of hydrogen-bond acceptors (Lipinski definition) is 7. The van der Waals surface area contributed by atoms with Gasteiger partial charge in [0, 0.05) is 0 Å². The van der Waals surface area contributed by atoms with Crippen molar-refractivity contribution in [3.05, 3.63) is 25.3 Å².